The van der Waals surface area contributed by atoms with E-state index in [9.17, 15) is 4.79 Å². The largest absolute Gasteiger partial charge is 0.361 e. The van der Waals surface area contributed by atoms with Crippen LogP contribution in [-0.2, 0) is 6.42 Å². The van der Waals surface area contributed by atoms with Crippen LogP contribution in [0.4, 0.5) is 4.79 Å². The number of hydrogen-bond donors (Lipinski definition) is 1. The van der Waals surface area contributed by atoms with Crippen LogP contribution in [0.15, 0.2) is 16.9 Å². The number of aryl methyl sites for hydroxylation is 2. The highest BCUT2D eigenvalue weighted by Crippen LogP contribution is 2.25. The summed E-state index contributed by atoms with van der Waals surface area (Å²) in [5, 5.41) is 6.99. The number of nitrogens with zero attached hydrogens (tertiary/aromatic N) is 4. The second-order valence-corrected chi connectivity index (χ2v) is 8.08. The van der Waals surface area contributed by atoms with Crippen molar-refractivity contribution in [2.75, 3.05) is 13.1 Å². The summed E-state index contributed by atoms with van der Waals surface area (Å²) in [7, 11) is 0. The van der Waals surface area contributed by atoms with Gasteiger partial charge in [-0.3, -0.25) is 9.97 Å². The summed E-state index contributed by atoms with van der Waals surface area (Å²) in [6.07, 6.45) is 5.42. The van der Waals surface area contributed by atoms with Gasteiger partial charge in [-0.2, -0.15) is 0 Å². The molecule has 7 heteroatoms. The zero-order valence-corrected chi connectivity index (χ0v) is 16.2. The molecule has 2 amide bonds. The number of amides is 2. The van der Waals surface area contributed by atoms with Crippen LogP contribution >= 0.6 is 0 Å². The van der Waals surface area contributed by atoms with Gasteiger partial charge in [0.05, 0.1) is 28.8 Å². The molecule has 0 spiro atoms. The first kappa shape index (κ1) is 18.4. The molecule has 0 aliphatic carbocycles. The number of urea groups is 1. The topological polar surface area (TPSA) is 84.2 Å². The predicted molar refractivity (Wildman–Crippen MR) is 98.7 cm³/mol. The van der Waals surface area contributed by atoms with E-state index in [0.29, 0.717) is 5.92 Å². The van der Waals surface area contributed by atoms with Crippen LogP contribution in [0.1, 0.15) is 44.3 Å². The Morgan fingerprint density at radius 1 is 1.31 bits per heavy atom. The van der Waals surface area contributed by atoms with Gasteiger partial charge in [0.15, 0.2) is 0 Å². The number of likely N-dealkylation sites (tertiary alicyclic amines) is 1. The number of carbonyl (C=O) groups is 1. The minimum Gasteiger partial charge on any atom is -0.361 e. The third kappa shape index (κ3) is 4.20. The average Bonchev–Trinajstić information content (AvgIpc) is 3.14. The maximum absolute atomic E-state index is 12.3. The molecular weight excluding hydrogens is 330 g/mol. The van der Waals surface area contributed by atoms with Crippen molar-refractivity contribution in [2.24, 2.45) is 5.92 Å². The molecule has 7 nitrogen and oxygen atoms in total. The minimum absolute atomic E-state index is 0.0137. The van der Waals surface area contributed by atoms with Gasteiger partial charge >= 0.3 is 6.03 Å². The Morgan fingerprint density at radius 3 is 2.65 bits per heavy atom. The lowest BCUT2D eigenvalue weighted by Gasteiger charge is -2.25. The Hall–Kier alpha value is -2.44. The van der Waals surface area contributed by atoms with Gasteiger partial charge in [-0.25, -0.2) is 4.79 Å². The molecule has 1 atom stereocenters. The van der Waals surface area contributed by atoms with Crippen LogP contribution in [0, 0.1) is 19.8 Å². The molecule has 3 rings (SSSR count). The average molecular weight is 357 g/mol. The lowest BCUT2D eigenvalue weighted by molar-refractivity contribution is 0.197. The van der Waals surface area contributed by atoms with E-state index in [1.54, 1.807) is 6.20 Å². The summed E-state index contributed by atoms with van der Waals surface area (Å²) >= 11 is 0. The number of nitrogens with one attached hydrogen (secondary N) is 1. The van der Waals surface area contributed by atoms with Gasteiger partial charge in [-0.1, -0.05) is 5.16 Å². The highest BCUT2D eigenvalue weighted by atomic mass is 16.5. The zero-order valence-electron chi connectivity index (χ0n) is 16.2. The van der Waals surface area contributed by atoms with Gasteiger partial charge in [0.25, 0.3) is 0 Å². The Kier molecular flexibility index (Phi) is 4.98. The van der Waals surface area contributed by atoms with Crippen molar-refractivity contribution in [3.05, 3.63) is 29.5 Å². The molecule has 0 radical (unpaired) electrons. The van der Waals surface area contributed by atoms with Crippen LogP contribution in [0.5, 0.6) is 0 Å². The normalized spacial score (nSPS) is 17.6. The lowest BCUT2D eigenvalue weighted by atomic mass is 10.0. The Labute approximate surface area is 154 Å². The maximum atomic E-state index is 12.3. The smallest absolute Gasteiger partial charge is 0.317 e. The number of rotatable bonds is 3. The number of carbonyl (C=O) groups excluding carboxylic acids is 1. The van der Waals surface area contributed by atoms with E-state index in [0.717, 1.165) is 54.3 Å². The van der Waals surface area contributed by atoms with Gasteiger partial charge in [0.2, 0.25) is 0 Å². The first-order valence-electron chi connectivity index (χ1n) is 9.04. The molecule has 1 aliphatic heterocycles. The second-order valence-electron chi connectivity index (χ2n) is 8.08. The van der Waals surface area contributed by atoms with Crippen LogP contribution < -0.4 is 5.32 Å². The van der Waals surface area contributed by atoms with E-state index in [1.165, 1.54) is 0 Å². The highest BCUT2D eigenvalue weighted by molar-refractivity contribution is 5.75. The molecule has 3 heterocycles. The van der Waals surface area contributed by atoms with Crippen LogP contribution in [0.25, 0.3) is 11.3 Å². The second kappa shape index (κ2) is 7.05. The fraction of sp³-hybridized carbons (Fsp3) is 0.579. The molecule has 0 bridgehead atoms. The molecule has 26 heavy (non-hydrogen) atoms. The molecule has 1 aliphatic rings. The Balaban J connectivity index is 1.60. The van der Waals surface area contributed by atoms with Crippen molar-refractivity contribution in [1.82, 2.24) is 25.3 Å². The predicted octanol–water partition coefficient (Wildman–Crippen LogP) is 3.12. The number of hydrogen-bond acceptors (Lipinski definition) is 5. The summed E-state index contributed by atoms with van der Waals surface area (Å²) in [6.45, 7) is 11.3. The van der Waals surface area contributed by atoms with E-state index in [1.807, 2.05) is 45.7 Å². The summed E-state index contributed by atoms with van der Waals surface area (Å²) in [6, 6.07) is 0.0137. The van der Waals surface area contributed by atoms with E-state index in [2.05, 4.69) is 20.4 Å². The van der Waals surface area contributed by atoms with Crippen LogP contribution in [0.2, 0.25) is 0 Å². The minimum atomic E-state index is -0.214. The van der Waals surface area contributed by atoms with Gasteiger partial charge in [0, 0.05) is 24.8 Å². The first-order valence-corrected chi connectivity index (χ1v) is 9.04. The summed E-state index contributed by atoms with van der Waals surface area (Å²) in [5.41, 5.74) is 3.25. The van der Waals surface area contributed by atoms with Gasteiger partial charge in [-0.15, -0.1) is 0 Å². The van der Waals surface area contributed by atoms with Gasteiger partial charge in [-0.05, 0) is 53.4 Å². The zero-order chi connectivity index (χ0) is 18.9. The fourth-order valence-corrected chi connectivity index (χ4v) is 3.32. The Morgan fingerprint density at radius 2 is 2.08 bits per heavy atom. The van der Waals surface area contributed by atoms with Crippen molar-refractivity contribution in [3.8, 4) is 11.3 Å². The maximum Gasteiger partial charge on any atom is 0.317 e. The monoisotopic (exact) mass is 357 g/mol. The Bertz CT molecular complexity index is 757. The first-order chi connectivity index (χ1) is 12.2. The fourth-order valence-electron chi connectivity index (χ4n) is 3.32. The molecule has 0 saturated carbocycles. The summed E-state index contributed by atoms with van der Waals surface area (Å²) in [5.74, 6) is 1.17. The molecule has 1 fully saturated rings. The van der Waals surface area contributed by atoms with Crippen molar-refractivity contribution < 1.29 is 9.32 Å². The van der Waals surface area contributed by atoms with Crippen molar-refractivity contribution >= 4 is 6.03 Å². The standard InChI is InChI=1S/C19H27N5O2/c1-12-17(13(2)26-23-12)16-10-20-15(9-21-16)8-14-6-7-24(11-14)18(25)22-19(3,4)5/h9-10,14H,6-8,11H2,1-5H3,(H,22,25)/t14-/m0/s1. The molecule has 0 unspecified atom stereocenters. The lowest BCUT2D eigenvalue weighted by Crippen LogP contribution is -2.47. The third-order valence-electron chi connectivity index (χ3n) is 4.55. The number of aromatic nitrogens is 3. The summed E-state index contributed by atoms with van der Waals surface area (Å²) < 4.78 is 5.20. The van der Waals surface area contributed by atoms with Gasteiger partial charge < -0.3 is 14.7 Å². The van der Waals surface area contributed by atoms with E-state index in [4.69, 9.17) is 4.52 Å². The van der Waals surface area contributed by atoms with Crippen molar-refractivity contribution in [2.45, 2.75) is 53.0 Å². The van der Waals surface area contributed by atoms with E-state index < -0.39 is 0 Å². The third-order valence-corrected chi connectivity index (χ3v) is 4.55. The summed E-state index contributed by atoms with van der Waals surface area (Å²) in [4.78, 5) is 23.3. The highest BCUT2D eigenvalue weighted by Gasteiger charge is 2.28. The van der Waals surface area contributed by atoms with Crippen LogP contribution in [0.3, 0.4) is 0 Å². The SMILES string of the molecule is Cc1noc(C)c1-c1cnc(C[C@@H]2CCN(C(=O)NC(C)(C)C)C2)cn1. The molecule has 2 aromatic heterocycles. The quantitative estimate of drug-likeness (QED) is 0.912. The van der Waals surface area contributed by atoms with E-state index in [-0.39, 0.29) is 11.6 Å². The molecule has 0 aromatic carbocycles. The van der Waals surface area contributed by atoms with Crippen molar-refractivity contribution in [3.63, 3.8) is 0 Å². The van der Waals surface area contributed by atoms with Crippen molar-refractivity contribution in [1.29, 1.82) is 0 Å². The molecule has 1 saturated heterocycles. The molecular formula is C19H27N5O2. The molecule has 1 N–H and O–H groups in total. The molecule has 140 valence electrons. The van der Waals surface area contributed by atoms with Gasteiger partial charge in [0.1, 0.15) is 5.76 Å². The van der Waals surface area contributed by atoms with E-state index >= 15 is 0 Å². The van der Waals surface area contributed by atoms with Crippen LogP contribution in [-0.4, -0.2) is 44.7 Å². The molecule has 2 aromatic rings.